The molecule has 4 heteroatoms. The third kappa shape index (κ3) is 4.18. The topological polar surface area (TPSA) is 35.5 Å². The number of halogens is 1. The van der Waals surface area contributed by atoms with Crippen LogP contribution in [0.15, 0.2) is 24.3 Å². The lowest BCUT2D eigenvalue weighted by atomic mass is 10.1. The standard InChI is InChI=1S/C15H23ClN2O/c1-12(13-4-2-5-14(16)10-13)18(8-9-19)11-15-6-3-7-17-15/h2,4-5,10,12,15,17,19H,3,6-9,11H2,1H3. The molecule has 2 N–H and O–H groups in total. The lowest BCUT2D eigenvalue weighted by Gasteiger charge is -2.31. The molecule has 0 aromatic heterocycles. The van der Waals surface area contributed by atoms with Crippen LogP contribution in [0.25, 0.3) is 0 Å². The van der Waals surface area contributed by atoms with Crippen molar-refractivity contribution in [2.24, 2.45) is 0 Å². The fraction of sp³-hybridized carbons (Fsp3) is 0.600. The van der Waals surface area contributed by atoms with Crippen LogP contribution in [0.4, 0.5) is 0 Å². The maximum atomic E-state index is 9.27. The number of aliphatic hydroxyl groups is 1. The Balaban J connectivity index is 2.04. The van der Waals surface area contributed by atoms with Gasteiger partial charge >= 0.3 is 0 Å². The van der Waals surface area contributed by atoms with Crippen molar-refractivity contribution in [2.45, 2.75) is 31.8 Å². The summed E-state index contributed by atoms with van der Waals surface area (Å²) in [5, 5.41) is 13.6. The van der Waals surface area contributed by atoms with E-state index in [-0.39, 0.29) is 12.6 Å². The predicted molar refractivity (Wildman–Crippen MR) is 79.6 cm³/mol. The molecule has 2 atom stereocenters. The molecule has 2 unspecified atom stereocenters. The Labute approximate surface area is 120 Å². The quantitative estimate of drug-likeness (QED) is 0.841. The maximum absolute atomic E-state index is 9.27. The molecule has 3 nitrogen and oxygen atoms in total. The highest BCUT2D eigenvalue weighted by Gasteiger charge is 2.22. The van der Waals surface area contributed by atoms with Crippen LogP contribution in [-0.2, 0) is 0 Å². The van der Waals surface area contributed by atoms with Gasteiger partial charge in [0.2, 0.25) is 0 Å². The molecule has 1 aliphatic rings. The Bertz CT molecular complexity index is 393. The zero-order chi connectivity index (χ0) is 13.7. The molecule has 1 saturated heterocycles. The molecule has 1 heterocycles. The normalized spacial score (nSPS) is 20.9. The highest BCUT2D eigenvalue weighted by Crippen LogP contribution is 2.23. The Morgan fingerprint density at radius 2 is 2.37 bits per heavy atom. The van der Waals surface area contributed by atoms with Crippen LogP contribution in [0.2, 0.25) is 5.02 Å². The second-order valence-corrected chi connectivity index (χ2v) is 5.68. The predicted octanol–water partition coefficient (Wildman–Crippen LogP) is 2.45. The van der Waals surface area contributed by atoms with E-state index in [9.17, 15) is 5.11 Å². The van der Waals surface area contributed by atoms with Gasteiger partial charge in [0.1, 0.15) is 0 Å². The minimum Gasteiger partial charge on any atom is -0.395 e. The molecule has 0 bridgehead atoms. The molecule has 0 radical (unpaired) electrons. The van der Waals surface area contributed by atoms with E-state index in [0.717, 1.165) is 18.1 Å². The van der Waals surface area contributed by atoms with Crippen molar-refractivity contribution in [3.8, 4) is 0 Å². The van der Waals surface area contributed by atoms with Crippen molar-refractivity contribution in [1.29, 1.82) is 0 Å². The third-order valence-electron chi connectivity index (χ3n) is 3.88. The van der Waals surface area contributed by atoms with Crippen LogP contribution in [0.5, 0.6) is 0 Å². The van der Waals surface area contributed by atoms with Gasteiger partial charge in [0, 0.05) is 30.2 Å². The molecule has 19 heavy (non-hydrogen) atoms. The van der Waals surface area contributed by atoms with E-state index >= 15 is 0 Å². The van der Waals surface area contributed by atoms with E-state index in [1.165, 1.54) is 18.4 Å². The Morgan fingerprint density at radius 3 is 3.00 bits per heavy atom. The Kier molecular flexibility index (Phi) is 5.64. The number of hydrogen-bond donors (Lipinski definition) is 2. The van der Waals surface area contributed by atoms with Gasteiger partial charge in [0.15, 0.2) is 0 Å². The first kappa shape index (κ1) is 14.8. The van der Waals surface area contributed by atoms with Crippen LogP contribution in [-0.4, -0.2) is 42.3 Å². The fourth-order valence-corrected chi connectivity index (χ4v) is 2.94. The van der Waals surface area contributed by atoms with Gasteiger partial charge in [-0.15, -0.1) is 0 Å². The Morgan fingerprint density at radius 1 is 1.53 bits per heavy atom. The summed E-state index contributed by atoms with van der Waals surface area (Å²) in [6, 6.07) is 8.81. The average Bonchev–Trinajstić information content (AvgIpc) is 2.90. The van der Waals surface area contributed by atoms with Crippen molar-refractivity contribution in [1.82, 2.24) is 10.2 Å². The van der Waals surface area contributed by atoms with Crippen molar-refractivity contribution in [3.63, 3.8) is 0 Å². The molecular formula is C15H23ClN2O. The minimum atomic E-state index is 0.192. The summed E-state index contributed by atoms with van der Waals surface area (Å²) in [6.07, 6.45) is 2.48. The number of nitrogens with one attached hydrogen (secondary N) is 1. The van der Waals surface area contributed by atoms with Crippen LogP contribution >= 0.6 is 11.6 Å². The molecule has 1 aromatic carbocycles. The zero-order valence-electron chi connectivity index (χ0n) is 11.5. The van der Waals surface area contributed by atoms with E-state index in [4.69, 9.17) is 11.6 Å². The van der Waals surface area contributed by atoms with Gasteiger partial charge in [-0.2, -0.15) is 0 Å². The van der Waals surface area contributed by atoms with Crippen molar-refractivity contribution < 1.29 is 5.11 Å². The molecule has 0 saturated carbocycles. The van der Waals surface area contributed by atoms with Gasteiger partial charge in [0.05, 0.1) is 6.61 Å². The third-order valence-corrected chi connectivity index (χ3v) is 4.12. The highest BCUT2D eigenvalue weighted by molar-refractivity contribution is 6.30. The van der Waals surface area contributed by atoms with Gasteiger partial charge in [-0.05, 0) is 44.0 Å². The highest BCUT2D eigenvalue weighted by atomic mass is 35.5. The summed E-state index contributed by atoms with van der Waals surface area (Å²) in [5.74, 6) is 0. The van der Waals surface area contributed by atoms with Gasteiger partial charge < -0.3 is 10.4 Å². The lowest BCUT2D eigenvalue weighted by Crippen LogP contribution is -2.40. The molecular weight excluding hydrogens is 260 g/mol. The molecule has 2 rings (SSSR count). The lowest BCUT2D eigenvalue weighted by molar-refractivity contribution is 0.147. The second-order valence-electron chi connectivity index (χ2n) is 5.24. The largest absolute Gasteiger partial charge is 0.395 e. The van der Waals surface area contributed by atoms with Crippen LogP contribution in [0.1, 0.15) is 31.4 Å². The first-order chi connectivity index (χ1) is 9.20. The smallest absolute Gasteiger partial charge is 0.0558 e. The van der Waals surface area contributed by atoms with Crippen molar-refractivity contribution in [3.05, 3.63) is 34.9 Å². The fourth-order valence-electron chi connectivity index (χ4n) is 2.74. The monoisotopic (exact) mass is 282 g/mol. The molecule has 1 aliphatic heterocycles. The number of rotatable bonds is 6. The summed E-state index contributed by atoms with van der Waals surface area (Å²) >= 11 is 6.06. The van der Waals surface area contributed by atoms with E-state index in [0.29, 0.717) is 12.6 Å². The van der Waals surface area contributed by atoms with Gasteiger partial charge in [-0.1, -0.05) is 23.7 Å². The summed E-state index contributed by atoms with van der Waals surface area (Å²) in [6.45, 7) is 5.16. The molecule has 1 fully saturated rings. The summed E-state index contributed by atoms with van der Waals surface area (Å²) in [4.78, 5) is 2.33. The van der Waals surface area contributed by atoms with Crippen LogP contribution in [0.3, 0.4) is 0 Å². The first-order valence-corrected chi connectivity index (χ1v) is 7.42. The number of aliphatic hydroxyl groups excluding tert-OH is 1. The van der Waals surface area contributed by atoms with E-state index < -0.39 is 0 Å². The Hall–Kier alpha value is -0.610. The summed E-state index contributed by atoms with van der Waals surface area (Å²) in [5.41, 5.74) is 1.21. The van der Waals surface area contributed by atoms with E-state index in [1.54, 1.807) is 0 Å². The van der Waals surface area contributed by atoms with Crippen LogP contribution < -0.4 is 5.32 Å². The van der Waals surface area contributed by atoms with E-state index in [1.807, 2.05) is 18.2 Å². The summed E-state index contributed by atoms with van der Waals surface area (Å²) in [7, 11) is 0. The molecule has 0 aliphatic carbocycles. The van der Waals surface area contributed by atoms with E-state index in [2.05, 4.69) is 23.2 Å². The van der Waals surface area contributed by atoms with Gasteiger partial charge in [0.25, 0.3) is 0 Å². The van der Waals surface area contributed by atoms with Gasteiger partial charge in [-0.25, -0.2) is 0 Å². The number of nitrogens with zero attached hydrogens (tertiary/aromatic N) is 1. The number of benzene rings is 1. The number of hydrogen-bond acceptors (Lipinski definition) is 3. The van der Waals surface area contributed by atoms with Crippen LogP contribution in [0, 0.1) is 0 Å². The molecule has 0 amide bonds. The van der Waals surface area contributed by atoms with Crippen molar-refractivity contribution in [2.75, 3.05) is 26.2 Å². The first-order valence-electron chi connectivity index (χ1n) is 7.04. The average molecular weight is 283 g/mol. The molecule has 0 spiro atoms. The molecule has 106 valence electrons. The zero-order valence-corrected chi connectivity index (χ0v) is 12.2. The molecule has 1 aromatic rings. The summed E-state index contributed by atoms with van der Waals surface area (Å²) < 4.78 is 0. The minimum absolute atomic E-state index is 0.192. The van der Waals surface area contributed by atoms with Gasteiger partial charge in [-0.3, -0.25) is 4.90 Å². The van der Waals surface area contributed by atoms with Crippen molar-refractivity contribution >= 4 is 11.6 Å². The SMILES string of the molecule is CC(c1cccc(Cl)c1)N(CCO)CC1CCCN1. The second kappa shape index (κ2) is 7.25. The maximum Gasteiger partial charge on any atom is 0.0558 e.